The van der Waals surface area contributed by atoms with Gasteiger partial charge in [-0.15, -0.1) is 0 Å². The van der Waals surface area contributed by atoms with E-state index in [1.807, 2.05) is 19.2 Å². The molecule has 0 saturated carbocycles. The molecule has 138 valence electrons. The lowest BCUT2D eigenvalue weighted by molar-refractivity contribution is -0.138. The van der Waals surface area contributed by atoms with Crippen molar-refractivity contribution in [2.75, 3.05) is 5.32 Å². The van der Waals surface area contributed by atoms with Crippen molar-refractivity contribution in [2.24, 2.45) is 0 Å². The van der Waals surface area contributed by atoms with Crippen LogP contribution in [0.15, 0.2) is 41.3 Å². The highest BCUT2D eigenvalue weighted by Crippen LogP contribution is 2.27. The van der Waals surface area contributed by atoms with E-state index in [-0.39, 0.29) is 0 Å². The molecular weight excluding hydrogens is 351 g/mol. The molecule has 1 aromatic carbocycles. The Hall–Kier alpha value is -3.10. The van der Waals surface area contributed by atoms with Crippen LogP contribution < -0.4 is 16.2 Å². The third-order valence-electron chi connectivity index (χ3n) is 3.64. The molecule has 1 heterocycles. The van der Waals surface area contributed by atoms with Gasteiger partial charge in [0.05, 0.1) is 5.56 Å². The van der Waals surface area contributed by atoms with Gasteiger partial charge in [-0.2, -0.15) is 13.2 Å². The highest BCUT2D eigenvalue weighted by atomic mass is 19.4. The fourth-order valence-electron chi connectivity index (χ4n) is 2.12. The van der Waals surface area contributed by atoms with E-state index < -0.39 is 35.8 Å². The fraction of sp³-hybridized carbons (Fsp3) is 0.235. The molecule has 1 aromatic heterocycles. The molecule has 0 aliphatic rings. The minimum atomic E-state index is -4.65. The molecule has 6 nitrogen and oxygen atoms in total. The van der Waals surface area contributed by atoms with Crippen molar-refractivity contribution in [1.29, 1.82) is 0 Å². The van der Waals surface area contributed by atoms with Crippen LogP contribution in [-0.4, -0.2) is 16.5 Å². The van der Waals surface area contributed by atoms with Gasteiger partial charge in [0.25, 0.3) is 5.56 Å². The zero-order valence-corrected chi connectivity index (χ0v) is 14.0. The van der Waals surface area contributed by atoms with Gasteiger partial charge in [-0.25, -0.2) is 4.79 Å². The number of imide groups is 1. The maximum atomic E-state index is 12.7. The minimum absolute atomic E-state index is 0.453. The summed E-state index contributed by atoms with van der Waals surface area (Å²) in [5.74, 6) is -0.923. The van der Waals surface area contributed by atoms with E-state index in [2.05, 4.69) is 5.32 Å². The Labute approximate surface area is 146 Å². The summed E-state index contributed by atoms with van der Waals surface area (Å²) in [6.45, 7) is 3.03. The van der Waals surface area contributed by atoms with Gasteiger partial charge in [-0.3, -0.25) is 14.9 Å². The van der Waals surface area contributed by atoms with Crippen molar-refractivity contribution < 1.29 is 22.8 Å². The molecule has 0 spiro atoms. The normalized spacial score (nSPS) is 11.1. The van der Waals surface area contributed by atoms with Gasteiger partial charge in [-0.05, 0) is 43.2 Å². The van der Waals surface area contributed by atoms with Crippen LogP contribution in [0.4, 0.5) is 23.7 Å². The first-order valence-electron chi connectivity index (χ1n) is 7.52. The number of alkyl halides is 3. The number of hydrogen-bond donors (Lipinski definition) is 2. The molecule has 3 amide bonds. The Morgan fingerprint density at radius 2 is 1.77 bits per heavy atom. The van der Waals surface area contributed by atoms with Crippen molar-refractivity contribution >= 4 is 17.6 Å². The van der Waals surface area contributed by atoms with Gasteiger partial charge in [0.1, 0.15) is 6.54 Å². The topological polar surface area (TPSA) is 80.2 Å². The molecule has 0 atom stereocenters. The van der Waals surface area contributed by atoms with Gasteiger partial charge < -0.3 is 9.88 Å². The second-order valence-corrected chi connectivity index (χ2v) is 5.68. The smallest absolute Gasteiger partial charge is 0.308 e. The van der Waals surface area contributed by atoms with E-state index in [0.29, 0.717) is 28.6 Å². The monoisotopic (exact) mass is 367 g/mol. The summed E-state index contributed by atoms with van der Waals surface area (Å²) < 4.78 is 38.6. The van der Waals surface area contributed by atoms with Crippen LogP contribution in [0.1, 0.15) is 16.7 Å². The van der Waals surface area contributed by atoms with Gasteiger partial charge in [-0.1, -0.05) is 6.07 Å². The van der Waals surface area contributed by atoms with Gasteiger partial charge in [0.15, 0.2) is 0 Å². The summed E-state index contributed by atoms with van der Waals surface area (Å²) in [4.78, 5) is 35.2. The minimum Gasteiger partial charge on any atom is -0.308 e. The zero-order chi connectivity index (χ0) is 19.5. The molecular formula is C17H16F3N3O3. The number of anilines is 1. The number of rotatable bonds is 3. The number of nitrogens with one attached hydrogen (secondary N) is 2. The largest absolute Gasteiger partial charge is 0.417 e. The maximum absolute atomic E-state index is 12.7. The lowest BCUT2D eigenvalue weighted by Crippen LogP contribution is -2.38. The quantitative estimate of drug-likeness (QED) is 0.875. The number of aryl methyl sites for hydroxylation is 2. The van der Waals surface area contributed by atoms with Crippen molar-refractivity contribution in [2.45, 2.75) is 26.6 Å². The Morgan fingerprint density at radius 3 is 2.38 bits per heavy atom. The Morgan fingerprint density at radius 1 is 1.08 bits per heavy atom. The number of benzene rings is 1. The van der Waals surface area contributed by atoms with Crippen LogP contribution >= 0.6 is 0 Å². The predicted octanol–water partition coefficient (Wildman–Crippen LogP) is 2.83. The summed E-state index contributed by atoms with van der Waals surface area (Å²) in [5.41, 5.74) is 0.558. The molecule has 2 N–H and O–H groups in total. The molecule has 0 saturated heterocycles. The summed E-state index contributed by atoms with van der Waals surface area (Å²) in [6.07, 6.45) is -4.12. The average Bonchev–Trinajstić information content (AvgIpc) is 2.51. The van der Waals surface area contributed by atoms with Crippen LogP contribution in [0.3, 0.4) is 0 Å². The summed E-state index contributed by atoms with van der Waals surface area (Å²) >= 11 is 0. The number of halogens is 3. The zero-order valence-electron chi connectivity index (χ0n) is 14.0. The molecule has 0 aliphatic carbocycles. The first-order valence-corrected chi connectivity index (χ1v) is 7.52. The van der Waals surface area contributed by atoms with E-state index in [0.717, 1.165) is 11.1 Å². The third-order valence-corrected chi connectivity index (χ3v) is 3.64. The lowest BCUT2D eigenvalue weighted by atomic mass is 10.1. The van der Waals surface area contributed by atoms with Crippen LogP contribution in [-0.2, 0) is 17.5 Å². The summed E-state index contributed by atoms with van der Waals surface area (Å²) in [7, 11) is 0. The summed E-state index contributed by atoms with van der Waals surface area (Å²) in [6, 6.07) is 5.63. The number of carbonyl (C=O) groups is 2. The number of hydrogen-bond acceptors (Lipinski definition) is 3. The summed E-state index contributed by atoms with van der Waals surface area (Å²) in [5, 5.41) is 4.41. The first kappa shape index (κ1) is 19.2. The van der Waals surface area contributed by atoms with Crippen molar-refractivity contribution in [1.82, 2.24) is 9.88 Å². The molecule has 0 fully saturated rings. The number of urea groups is 1. The van der Waals surface area contributed by atoms with Crippen molar-refractivity contribution in [3.05, 3.63) is 63.6 Å². The van der Waals surface area contributed by atoms with Gasteiger partial charge in [0.2, 0.25) is 5.91 Å². The SMILES string of the molecule is Cc1ccc(NC(=O)NC(=O)Cn2cc(C(F)(F)F)ccc2=O)cc1C. The third kappa shape index (κ3) is 4.95. The van der Waals surface area contributed by atoms with Crippen LogP contribution in [0.5, 0.6) is 0 Å². The van der Waals surface area contributed by atoms with E-state index >= 15 is 0 Å². The number of pyridine rings is 1. The molecule has 2 rings (SSSR count). The number of aromatic nitrogens is 1. The van der Waals surface area contributed by atoms with Gasteiger partial charge >= 0.3 is 12.2 Å². The second kappa shape index (κ2) is 7.42. The van der Waals surface area contributed by atoms with Crippen molar-refractivity contribution in [3.63, 3.8) is 0 Å². The molecule has 0 aliphatic heterocycles. The number of nitrogens with zero attached hydrogens (tertiary/aromatic N) is 1. The van der Waals surface area contributed by atoms with E-state index in [1.165, 1.54) is 0 Å². The molecule has 26 heavy (non-hydrogen) atoms. The fourth-order valence-corrected chi connectivity index (χ4v) is 2.12. The maximum Gasteiger partial charge on any atom is 0.417 e. The van der Waals surface area contributed by atoms with Crippen LogP contribution in [0, 0.1) is 13.8 Å². The molecule has 0 unspecified atom stereocenters. The standard InChI is InChI=1S/C17H16F3N3O3/c1-10-3-5-13(7-11(10)2)21-16(26)22-14(24)9-23-8-12(17(18,19)20)4-6-15(23)25/h3-8H,9H2,1-2H3,(H2,21,22,24,26). The number of amides is 3. The van der Waals surface area contributed by atoms with Crippen LogP contribution in [0.2, 0.25) is 0 Å². The Balaban J connectivity index is 2.03. The number of carbonyl (C=O) groups excluding carboxylic acids is 2. The molecule has 0 radical (unpaired) electrons. The van der Waals surface area contributed by atoms with E-state index in [1.54, 1.807) is 18.2 Å². The Kier molecular flexibility index (Phi) is 5.49. The highest BCUT2D eigenvalue weighted by Gasteiger charge is 2.31. The molecule has 9 heteroatoms. The van der Waals surface area contributed by atoms with Gasteiger partial charge in [0, 0.05) is 18.0 Å². The highest BCUT2D eigenvalue weighted by molar-refractivity contribution is 6.01. The Bertz CT molecular complexity index is 904. The lowest BCUT2D eigenvalue weighted by Gasteiger charge is -2.11. The predicted molar refractivity (Wildman–Crippen MR) is 88.8 cm³/mol. The second-order valence-electron chi connectivity index (χ2n) is 5.68. The van der Waals surface area contributed by atoms with E-state index in [9.17, 15) is 27.6 Å². The van der Waals surface area contributed by atoms with E-state index in [4.69, 9.17) is 0 Å². The van der Waals surface area contributed by atoms with Crippen LogP contribution in [0.25, 0.3) is 0 Å². The van der Waals surface area contributed by atoms with Crippen molar-refractivity contribution in [3.8, 4) is 0 Å². The average molecular weight is 367 g/mol. The first-order chi connectivity index (χ1) is 12.1. The molecule has 0 bridgehead atoms. The molecule has 2 aromatic rings.